The summed E-state index contributed by atoms with van der Waals surface area (Å²) in [6.07, 6.45) is 1.00. The van der Waals surface area contributed by atoms with E-state index in [-0.39, 0.29) is 10.8 Å². The van der Waals surface area contributed by atoms with Crippen LogP contribution in [0.25, 0.3) is 0 Å². The van der Waals surface area contributed by atoms with Crippen LogP contribution in [0.5, 0.6) is 5.75 Å². The van der Waals surface area contributed by atoms with Gasteiger partial charge in [-0.1, -0.05) is 60.6 Å². The van der Waals surface area contributed by atoms with Gasteiger partial charge >= 0.3 is 0 Å². The Morgan fingerprint density at radius 3 is 1.71 bits per heavy atom. The summed E-state index contributed by atoms with van der Waals surface area (Å²) in [6.45, 7) is 15.7. The number of hydrogen-bond acceptors (Lipinski definition) is 1. The second-order valence-corrected chi connectivity index (χ2v) is 8.41. The standard InChI is InChI=1S/C19H31ClO/c1-13(9-10-20)14-11-15(18(2,3)4)17(21-8)16(12-14)19(5,6)7/h11-13H,9-10H2,1-8H3. The van der Waals surface area contributed by atoms with Gasteiger partial charge in [-0.05, 0) is 28.7 Å². The molecule has 0 saturated heterocycles. The Bertz CT molecular complexity index is 442. The molecule has 0 aliphatic heterocycles. The number of ether oxygens (including phenoxy) is 1. The van der Waals surface area contributed by atoms with E-state index < -0.39 is 0 Å². The number of rotatable bonds is 4. The van der Waals surface area contributed by atoms with E-state index in [0.29, 0.717) is 11.8 Å². The molecule has 0 aliphatic rings. The number of hydrogen-bond donors (Lipinski definition) is 0. The molecular weight excluding hydrogens is 280 g/mol. The molecule has 1 unspecified atom stereocenters. The van der Waals surface area contributed by atoms with Gasteiger partial charge in [-0.25, -0.2) is 0 Å². The van der Waals surface area contributed by atoms with Crippen LogP contribution >= 0.6 is 11.6 Å². The quantitative estimate of drug-likeness (QED) is 0.618. The number of alkyl halides is 1. The van der Waals surface area contributed by atoms with E-state index in [2.05, 4.69) is 60.6 Å². The minimum atomic E-state index is 0.0576. The Kier molecular flexibility index (Phi) is 5.77. The summed E-state index contributed by atoms with van der Waals surface area (Å²) in [7, 11) is 1.78. The van der Waals surface area contributed by atoms with Crippen molar-refractivity contribution in [3.63, 3.8) is 0 Å². The van der Waals surface area contributed by atoms with Gasteiger partial charge in [-0.15, -0.1) is 11.6 Å². The lowest BCUT2D eigenvalue weighted by Crippen LogP contribution is -2.20. The van der Waals surface area contributed by atoms with Crippen LogP contribution in [0.1, 0.15) is 77.5 Å². The number of halogens is 1. The molecule has 1 aromatic rings. The van der Waals surface area contributed by atoms with E-state index >= 15 is 0 Å². The SMILES string of the molecule is COc1c(C(C)(C)C)cc(C(C)CCCl)cc1C(C)(C)C. The fourth-order valence-corrected chi connectivity index (χ4v) is 2.93. The van der Waals surface area contributed by atoms with Crippen LogP contribution in [0.15, 0.2) is 12.1 Å². The van der Waals surface area contributed by atoms with Crippen molar-refractivity contribution < 1.29 is 4.74 Å². The highest BCUT2D eigenvalue weighted by Gasteiger charge is 2.28. The largest absolute Gasteiger partial charge is 0.496 e. The van der Waals surface area contributed by atoms with Crippen molar-refractivity contribution >= 4 is 11.6 Å². The lowest BCUT2D eigenvalue weighted by molar-refractivity contribution is 0.381. The molecule has 1 atom stereocenters. The van der Waals surface area contributed by atoms with Crippen LogP contribution in [0, 0.1) is 0 Å². The second-order valence-electron chi connectivity index (χ2n) is 8.03. The first kappa shape index (κ1) is 18.4. The maximum absolute atomic E-state index is 5.94. The first-order valence-electron chi connectivity index (χ1n) is 7.81. The zero-order chi connectivity index (χ0) is 16.4. The zero-order valence-corrected chi connectivity index (χ0v) is 15.7. The van der Waals surface area contributed by atoms with Gasteiger partial charge in [0.15, 0.2) is 0 Å². The van der Waals surface area contributed by atoms with Crippen molar-refractivity contribution in [2.24, 2.45) is 0 Å². The molecule has 0 fully saturated rings. The average Bonchev–Trinajstić information content (AvgIpc) is 2.35. The second kappa shape index (κ2) is 6.60. The third kappa shape index (κ3) is 4.39. The minimum Gasteiger partial charge on any atom is -0.496 e. The molecule has 0 bridgehead atoms. The minimum absolute atomic E-state index is 0.0576. The lowest BCUT2D eigenvalue weighted by atomic mass is 9.77. The molecule has 0 heterocycles. The van der Waals surface area contributed by atoms with Crippen molar-refractivity contribution in [1.82, 2.24) is 0 Å². The Morgan fingerprint density at radius 1 is 1.00 bits per heavy atom. The fourth-order valence-electron chi connectivity index (χ4n) is 2.60. The molecule has 1 rings (SSSR count). The Labute approximate surface area is 136 Å². The topological polar surface area (TPSA) is 9.23 Å². The van der Waals surface area contributed by atoms with Crippen molar-refractivity contribution in [2.75, 3.05) is 13.0 Å². The van der Waals surface area contributed by atoms with E-state index in [9.17, 15) is 0 Å². The van der Waals surface area contributed by atoms with Crippen LogP contribution in [0.2, 0.25) is 0 Å². The van der Waals surface area contributed by atoms with Crippen LogP contribution in [-0.2, 0) is 10.8 Å². The van der Waals surface area contributed by atoms with Gasteiger partial charge in [0.05, 0.1) is 7.11 Å². The summed E-state index contributed by atoms with van der Waals surface area (Å²) < 4.78 is 5.80. The van der Waals surface area contributed by atoms with Crippen LogP contribution in [0.4, 0.5) is 0 Å². The van der Waals surface area contributed by atoms with Gasteiger partial charge in [0, 0.05) is 17.0 Å². The zero-order valence-electron chi connectivity index (χ0n) is 14.9. The Balaban J connectivity index is 3.59. The molecule has 21 heavy (non-hydrogen) atoms. The maximum atomic E-state index is 5.94. The van der Waals surface area contributed by atoms with Gasteiger partial charge in [-0.3, -0.25) is 0 Å². The molecule has 2 heteroatoms. The lowest BCUT2D eigenvalue weighted by Gasteiger charge is -2.31. The summed E-state index contributed by atoms with van der Waals surface area (Å²) in [5.74, 6) is 2.20. The van der Waals surface area contributed by atoms with Crippen molar-refractivity contribution in [1.29, 1.82) is 0 Å². The van der Waals surface area contributed by atoms with Crippen molar-refractivity contribution in [2.45, 2.75) is 71.6 Å². The van der Waals surface area contributed by atoms with E-state index in [1.165, 1.54) is 16.7 Å². The molecule has 1 aromatic carbocycles. The molecule has 0 spiro atoms. The van der Waals surface area contributed by atoms with Crippen molar-refractivity contribution in [3.8, 4) is 5.75 Å². The van der Waals surface area contributed by atoms with Crippen LogP contribution in [-0.4, -0.2) is 13.0 Å². The van der Waals surface area contributed by atoms with Crippen LogP contribution < -0.4 is 4.74 Å². The first-order valence-corrected chi connectivity index (χ1v) is 8.34. The maximum Gasteiger partial charge on any atom is 0.126 e. The predicted molar refractivity (Wildman–Crippen MR) is 94.1 cm³/mol. The summed E-state index contributed by atoms with van der Waals surface area (Å²) in [5, 5.41) is 0. The van der Waals surface area contributed by atoms with Gasteiger partial charge in [0.25, 0.3) is 0 Å². The molecule has 120 valence electrons. The Morgan fingerprint density at radius 2 is 1.43 bits per heavy atom. The Hall–Kier alpha value is -0.690. The normalized spacial score (nSPS) is 14.1. The highest BCUT2D eigenvalue weighted by molar-refractivity contribution is 6.17. The van der Waals surface area contributed by atoms with E-state index in [1.807, 2.05) is 0 Å². The number of methoxy groups -OCH3 is 1. The predicted octanol–water partition coefficient (Wildman–Crippen LogP) is 6.02. The van der Waals surface area contributed by atoms with Gasteiger partial charge in [0.1, 0.15) is 5.75 Å². The first-order chi connectivity index (χ1) is 9.52. The van der Waals surface area contributed by atoms with Gasteiger partial charge in [0.2, 0.25) is 0 Å². The van der Waals surface area contributed by atoms with Crippen molar-refractivity contribution in [3.05, 3.63) is 28.8 Å². The summed E-state index contributed by atoms with van der Waals surface area (Å²) in [4.78, 5) is 0. The monoisotopic (exact) mass is 310 g/mol. The van der Waals surface area contributed by atoms with Gasteiger partial charge < -0.3 is 4.74 Å². The highest BCUT2D eigenvalue weighted by Crippen LogP contribution is 2.42. The third-order valence-corrected chi connectivity index (χ3v) is 4.26. The molecule has 0 N–H and O–H groups in total. The van der Waals surface area contributed by atoms with E-state index in [1.54, 1.807) is 7.11 Å². The molecule has 1 nitrogen and oxygen atoms in total. The average molecular weight is 311 g/mol. The fraction of sp³-hybridized carbons (Fsp3) is 0.684. The number of benzene rings is 1. The summed E-state index contributed by atoms with van der Waals surface area (Å²) in [5.41, 5.74) is 4.05. The molecule has 0 aliphatic carbocycles. The van der Waals surface area contributed by atoms with Gasteiger partial charge in [-0.2, -0.15) is 0 Å². The summed E-state index contributed by atoms with van der Waals surface area (Å²) >= 11 is 5.94. The molecule has 0 saturated carbocycles. The van der Waals surface area contributed by atoms with E-state index in [0.717, 1.165) is 12.2 Å². The molecule has 0 aromatic heterocycles. The highest BCUT2D eigenvalue weighted by atomic mass is 35.5. The van der Waals surface area contributed by atoms with Crippen LogP contribution in [0.3, 0.4) is 0 Å². The molecule has 0 amide bonds. The summed E-state index contributed by atoms with van der Waals surface area (Å²) in [6, 6.07) is 4.62. The molecular formula is C19H31ClO. The smallest absolute Gasteiger partial charge is 0.126 e. The molecule has 0 radical (unpaired) electrons. The third-order valence-electron chi connectivity index (χ3n) is 4.04. The van der Waals surface area contributed by atoms with E-state index in [4.69, 9.17) is 16.3 Å².